The van der Waals surface area contributed by atoms with E-state index in [2.05, 4.69) is 15.4 Å². The highest BCUT2D eigenvalue weighted by Crippen LogP contribution is 2.32. The van der Waals surface area contributed by atoms with Gasteiger partial charge < -0.3 is 14.8 Å². The van der Waals surface area contributed by atoms with E-state index in [9.17, 15) is 14.4 Å². The fourth-order valence-corrected chi connectivity index (χ4v) is 3.24. The first-order valence-electron chi connectivity index (χ1n) is 7.49. The van der Waals surface area contributed by atoms with Gasteiger partial charge in [0.15, 0.2) is 6.61 Å². The average Bonchev–Trinajstić information content (AvgIpc) is 2.88. The van der Waals surface area contributed by atoms with Crippen molar-refractivity contribution in [2.75, 3.05) is 19.0 Å². The number of hydrogen-bond donors (Lipinski definition) is 2. The molecule has 0 spiro atoms. The molecule has 26 heavy (non-hydrogen) atoms. The summed E-state index contributed by atoms with van der Waals surface area (Å²) in [5, 5.41) is 5.63. The van der Waals surface area contributed by atoms with Crippen molar-refractivity contribution in [1.82, 2.24) is 5.32 Å². The number of carbonyl (C=O) groups is 3. The number of hydrogen-bond acceptors (Lipinski definition) is 6. The van der Waals surface area contributed by atoms with Crippen LogP contribution in [0, 0.1) is 13.8 Å². The molecule has 0 atom stereocenters. The third-order valence-electron chi connectivity index (χ3n) is 3.45. The summed E-state index contributed by atoms with van der Waals surface area (Å²) in [6.45, 7) is 3.31. The highest BCUT2D eigenvalue weighted by Gasteiger charge is 2.22. The second-order valence-corrected chi connectivity index (χ2v) is 6.89. The first-order valence-corrected chi connectivity index (χ1v) is 8.68. The number of imide groups is 1. The minimum Gasteiger partial charge on any atom is -0.484 e. The number of nitrogens with one attached hydrogen (secondary N) is 2. The molecule has 1 heterocycles. The summed E-state index contributed by atoms with van der Waals surface area (Å²) in [7, 11) is 1.16. The molecule has 0 unspecified atom stereocenters. The summed E-state index contributed by atoms with van der Waals surface area (Å²) in [6, 6.07) is 6.58. The number of aryl methyl sites for hydroxylation is 1. The van der Waals surface area contributed by atoms with Gasteiger partial charge in [-0.3, -0.25) is 14.9 Å². The van der Waals surface area contributed by atoms with E-state index in [1.54, 1.807) is 31.2 Å². The predicted molar refractivity (Wildman–Crippen MR) is 99.2 cm³/mol. The number of alkyl carbamates (subject to hydrolysis) is 1. The highest BCUT2D eigenvalue weighted by molar-refractivity contribution is 7.16. The largest absolute Gasteiger partial charge is 0.484 e. The lowest BCUT2D eigenvalue weighted by atomic mass is 10.1. The topological polar surface area (TPSA) is 93.7 Å². The molecule has 1 aromatic heterocycles. The Balaban J connectivity index is 2.07. The van der Waals surface area contributed by atoms with E-state index in [4.69, 9.17) is 16.3 Å². The second-order valence-electron chi connectivity index (χ2n) is 5.22. The number of ether oxygens (including phenoxy) is 2. The van der Waals surface area contributed by atoms with Gasteiger partial charge in [-0.25, -0.2) is 4.79 Å². The fraction of sp³-hybridized carbons (Fsp3) is 0.235. The minimum absolute atomic E-state index is 0.220. The summed E-state index contributed by atoms with van der Waals surface area (Å²) < 4.78 is 9.80. The van der Waals surface area contributed by atoms with Gasteiger partial charge in [-0.05, 0) is 43.7 Å². The maximum Gasteiger partial charge on any atom is 0.413 e. The van der Waals surface area contributed by atoms with E-state index in [1.165, 1.54) is 11.3 Å². The molecule has 7 nitrogen and oxygen atoms in total. The SMILES string of the molecule is COC(=O)NC(=O)c1c(NC(=O)COc2ccc(Cl)cc2)sc(C)c1C. The Hall–Kier alpha value is -2.58. The average molecular weight is 397 g/mol. The molecule has 0 fully saturated rings. The number of thiophene rings is 1. The molecule has 2 aromatic rings. The lowest BCUT2D eigenvalue weighted by Gasteiger charge is -2.09. The maximum absolute atomic E-state index is 12.3. The molecule has 0 saturated carbocycles. The van der Waals surface area contributed by atoms with Crippen LogP contribution in [0.5, 0.6) is 5.75 Å². The summed E-state index contributed by atoms with van der Waals surface area (Å²) in [5.74, 6) is -0.590. The molecule has 3 amide bonds. The zero-order valence-electron chi connectivity index (χ0n) is 14.3. The number of anilines is 1. The van der Waals surface area contributed by atoms with Crippen molar-refractivity contribution in [1.29, 1.82) is 0 Å². The van der Waals surface area contributed by atoms with Gasteiger partial charge in [0.1, 0.15) is 10.8 Å². The van der Waals surface area contributed by atoms with Gasteiger partial charge in [-0.1, -0.05) is 11.6 Å². The van der Waals surface area contributed by atoms with Gasteiger partial charge in [-0.2, -0.15) is 0 Å². The lowest BCUT2D eigenvalue weighted by Crippen LogP contribution is -2.31. The van der Waals surface area contributed by atoms with Crippen LogP contribution < -0.4 is 15.4 Å². The van der Waals surface area contributed by atoms with Crippen molar-refractivity contribution >= 4 is 45.8 Å². The number of halogens is 1. The van der Waals surface area contributed by atoms with Crippen molar-refractivity contribution < 1.29 is 23.9 Å². The Labute approximate surface area is 159 Å². The van der Waals surface area contributed by atoms with E-state index in [-0.39, 0.29) is 12.2 Å². The molecular weight excluding hydrogens is 380 g/mol. The third-order valence-corrected chi connectivity index (χ3v) is 4.82. The van der Waals surface area contributed by atoms with Crippen LogP contribution in [0.4, 0.5) is 9.80 Å². The van der Waals surface area contributed by atoms with Crippen LogP contribution in [-0.2, 0) is 9.53 Å². The Morgan fingerprint density at radius 3 is 2.42 bits per heavy atom. The van der Waals surface area contributed by atoms with Gasteiger partial charge in [0, 0.05) is 9.90 Å². The number of rotatable bonds is 5. The number of carbonyl (C=O) groups excluding carboxylic acids is 3. The normalized spacial score (nSPS) is 10.2. The molecule has 0 aliphatic heterocycles. The van der Waals surface area contributed by atoms with Crippen molar-refractivity contribution in [3.05, 3.63) is 45.3 Å². The van der Waals surface area contributed by atoms with Gasteiger partial charge in [0.25, 0.3) is 11.8 Å². The van der Waals surface area contributed by atoms with Gasteiger partial charge in [-0.15, -0.1) is 11.3 Å². The van der Waals surface area contributed by atoms with Crippen molar-refractivity contribution in [2.45, 2.75) is 13.8 Å². The van der Waals surface area contributed by atoms with Crippen LogP contribution in [0.1, 0.15) is 20.8 Å². The van der Waals surface area contributed by atoms with Crippen LogP contribution in [0.15, 0.2) is 24.3 Å². The first kappa shape index (κ1) is 19.7. The molecule has 1 aromatic carbocycles. The smallest absolute Gasteiger partial charge is 0.413 e. The Kier molecular flexibility index (Phi) is 6.59. The van der Waals surface area contributed by atoms with Crippen LogP contribution in [-0.4, -0.2) is 31.6 Å². The van der Waals surface area contributed by atoms with Gasteiger partial charge in [0.2, 0.25) is 0 Å². The fourth-order valence-electron chi connectivity index (χ4n) is 2.04. The highest BCUT2D eigenvalue weighted by atomic mass is 35.5. The second kappa shape index (κ2) is 8.68. The Bertz CT molecular complexity index is 832. The van der Waals surface area contributed by atoms with E-state index in [1.807, 2.05) is 6.92 Å². The lowest BCUT2D eigenvalue weighted by molar-refractivity contribution is -0.118. The maximum atomic E-state index is 12.3. The van der Waals surface area contributed by atoms with Crippen LogP contribution >= 0.6 is 22.9 Å². The number of amides is 3. The molecule has 9 heteroatoms. The van der Waals surface area contributed by atoms with Crippen LogP contribution in [0.3, 0.4) is 0 Å². The monoisotopic (exact) mass is 396 g/mol. The third kappa shape index (κ3) is 4.96. The molecule has 0 radical (unpaired) electrons. The van der Waals surface area contributed by atoms with Gasteiger partial charge >= 0.3 is 6.09 Å². The molecule has 2 N–H and O–H groups in total. The molecule has 2 rings (SSSR count). The molecule has 0 saturated heterocycles. The quantitative estimate of drug-likeness (QED) is 0.806. The minimum atomic E-state index is -0.874. The van der Waals surface area contributed by atoms with Crippen molar-refractivity contribution in [2.24, 2.45) is 0 Å². The van der Waals surface area contributed by atoms with E-state index >= 15 is 0 Å². The first-order chi connectivity index (χ1) is 12.3. The standard InChI is InChI=1S/C17H17ClN2O5S/c1-9-10(2)26-16(14(9)15(22)20-17(23)24-3)19-13(21)8-25-12-6-4-11(18)5-7-12/h4-7H,8H2,1-3H3,(H,19,21)(H,20,22,23). The molecule has 0 bridgehead atoms. The summed E-state index contributed by atoms with van der Waals surface area (Å²) in [4.78, 5) is 36.5. The zero-order chi connectivity index (χ0) is 19.3. The van der Waals surface area contributed by atoms with Crippen molar-refractivity contribution in [3.63, 3.8) is 0 Å². The molecule has 0 aliphatic carbocycles. The molecular formula is C17H17ClN2O5S. The predicted octanol–water partition coefficient (Wildman–Crippen LogP) is 3.53. The Morgan fingerprint density at radius 2 is 1.81 bits per heavy atom. The van der Waals surface area contributed by atoms with E-state index < -0.39 is 17.9 Å². The Morgan fingerprint density at radius 1 is 1.15 bits per heavy atom. The van der Waals surface area contributed by atoms with Crippen LogP contribution in [0.25, 0.3) is 0 Å². The van der Waals surface area contributed by atoms with Crippen molar-refractivity contribution in [3.8, 4) is 5.75 Å². The van der Waals surface area contributed by atoms with E-state index in [0.29, 0.717) is 21.3 Å². The summed E-state index contributed by atoms with van der Waals surface area (Å²) in [6.07, 6.45) is -0.874. The summed E-state index contributed by atoms with van der Waals surface area (Å²) in [5.41, 5.74) is 0.892. The summed E-state index contributed by atoms with van der Waals surface area (Å²) >= 11 is 7.03. The molecule has 138 valence electrons. The zero-order valence-corrected chi connectivity index (χ0v) is 15.9. The molecule has 0 aliphatic rings. The number of benzene rings is 1. The van der Waals surface area contributed by atoms with Gasteiger partial charge in [0.05, 0.1) is 12.7 Å². The number of methoxy groups -OCH3 is 1. The van der Waals surface area contributed by atoms with E-state index in [0.717, 1.165) is 12.0 Å². The van der Waals surface area contributed by atoms with Crippen LogP contribution in [0.2, 0.25) is 5.02 Å².